The Labute approximate surface area is 143 Å². The molecule has 1 N–H and O–H groups in total. The Balaban J connectivity index is 2.36. The van der Waals surface area contributed by atoms with Gasteiger partial charge >= 0.3 is 0 Å². The van der Waals surface area contributed by atoms with Crippen molar-refractivity contribution in [2.75, 3.05) is 26.7 Å². The normalized spacial score (nSPS) is 13.5. The Morgan fingerprint density at radius 3 is 2.57 bits per heavy atom. The van der Waals surface area contributed by atoms with Gasteiger partial charge in [-0.3, -0.25) is 9.69 Å². The van der Waals surface area contributed by atoms with Gasteiger partial charge in [0.05, 0.1) is 12.6 Å². The molecule has 1 rings (SSSR count). The third-order valence-corrected chi connectivity index (χ3v) is 4.01. The molecule has 0 saturated carbocycles. The van der Waals surface area contributed by atoms with Crippen LogP contribution < -0.4 is 10.1 Å². The van der Waals surface area contributed by atoms with Gasteiger partial charge in [-0.2, -0.15) is 5.26 Å². The van der Waals surface area contributed by atoms with Gasteiger partial charge in [0.2, 0.25) is 5.91 Å². The minimum atomic E-state index is -0.849. The first-order valence-corrected chi connectivity index (χ1v) is 7.94. The van der Waals surface area contributed by atoms with Crippen LogP contribution in [0, 0.1) is 17.2 Å². The van der Waals surface area contributed by atoms with Crippen LogP contribution in [0.2, 0.25) is 5.02 Å². The van der Waals surface area contributed by atoms with Crippen LogP contribution in [0.5, 0.6) is 5.75 Å². The van der Waals surface area contributed by atoms with E-state index in [1.54, 1.807) is 31.2 Å². The summed E-state index contributed by atoms with van der Waals surface area (Å²) in [5, 5.41) is 12.7. The Morgan fingerprint density at radius 2 is 2.04 bits per heavy atom. The highest BCUT2D eigenvalue weighted by molar-refractivity contribution is 6.30. The highest BCUT2D eigenvalue weighted by atomic mass is 35.5. The van der Waals surface area contributed by atoms with Gasteiger partial charge in [-0.05, 0) is 44.2 Å². The maximum atomic E-state index is 12.0. The van der Waals surface area contributed by atoms with Gasteiger partial charge in [0.1, 0.15) is 17.9 Å². The summed E-state index contributed by atoms with van der Waals surface area (Å²) in [6, 6.07) is 9.30. The molecule has 0 radical (unpaired) electrons. The fourth-order valence-corrected chi connectivity index (χ4v) is 1.93. The molecule has 5 nitrogen and oxygen atoms in total. The lowest BCUT2D eigenvalue weighted by Crippen LogP contribution is -2.51. The topological polar surface area (TPSA) is 65.4 Å². The Kier molecular flexibility index (Phi) is 7.34. The van der Waals surface area contributed by atoms with Gasteiger partial charge in [0, 0.05) is 11.6 Å². The number of benzene rings is 1. The molecule has 0 bridgehead atoms. The average Bonchev–Trinajstić information content (AvgIpc) is 2.48. The van der Waals surface area contributed by atoms with Crippen LogP contribution in [0.4, 0.5) is 0 Å². The van der Waals surface area contributed by atoms with E-state index >= 15 is 0 Å². The molecule has 23 heavy (non-hydrogen) atoms. The molecule has 0 aromatic heterocycles. The van der Waals surface area contributed by atoms with Crippen molar-refractivity contribution in [2.24, 2.45) is 5.92 Å². The molecule has 0 aliphatic heterocycles. The standard InChI is InChI=1S/C17H24ClN3O2/c1-13(2)17(3,12-19)20-16(22)11-21(4)9-10-23-15-7-5-14(18)6-8-15/h5-8,13H,9-11H2,1-4H3,(H,20,22). The highest BCUT2D eigenvalue weighted by Crippen LogP contribution is 2.16. The molecule has 1 unspecified atom stereocenters. The van der Waals surface area contributed by atoms with Crippen molar-refractivity contribution in [3.05, 3.63) is 29.3 Å². The second-order valence-corrected chi connectivity index (χ2v) is 6.49. The first-order chi connectivity index (χ1) is 10.8. The lowest BCUT2D eigenvalue weighted by atomic mass is 9.90. The summed E-state index contributed by atoms with van der Waals surface area (Å²) in [6.45, 7) is 6.83. The zero-order valence-electron chi connectivity index (χ0n) is 14.1. The molecule has 0 fully saturated rings. The van der Waals surface area contributed by atoms with Crippen molar-refractivity contribution in [2.45, 2.75) is 26.3 Å². The van der Waals surface area contributed by atoms with Gasteiger partial charge in [-0.1, -0.05) is 25.4 Å². The molecular weight excluding hydrogens is 314 g/mol. The first-order valence-electron chi connectivity index (χ1n) is 7.56. The number of halogens is 1. The first kappa shape index (κ1) is 19.3. The monoisotopic (exact) mass is 337 g/mol. The third-order valence-electron chi connectivity index (χ3n) is 3.75. The number of hydrogen-bond donors (Lipinski definition) is 1. The predicted molar refractivity (Wildman–Crippen MR) is 91.4 cm³/mol. The second kappa shape index (κ2) is 8.76. The van der Waals surface area contributed by atoms with E-state index in [0.717, 1.165) is 5.75 Å². The van der Waals surface area contributed by atoms with Crippen LogP contribution in [-0.4, -0.2) is 43.1 Å². The number of amides is 1. The van der Waals surface area contributed by atoms with Crippen molar-refractivity contribution < 1.29 is 9.53 Å². The second-order valence-electron chi connectivity index (χ2n) is 6.06. The van der Waals surface area contributed by atoms with E-state index in [0.29, 0.717) is 18.2 Å². The molecule has 0 spiro atoms. The molecule has 126 valence electrons. The number of ether oxygens (including phenoxy) is 1. The van der Waals surface area contributed by atoms with Crippen molar-refractivity contribution in [1.82, 2.24) is 10.2 Å². The largest absolute Gasteiger partial charge is 0.492 e. The van der Waals surface area contributed by atoms with Gasteiger partial charge < -0.3 is 10.1 Å². The molecular formula is C17H24ClN3O2. The number of nitrogens with zero attached hydrogens (tertiary/aromatic N) is 2. The number of carbonyl (C=O) groups is 1. The van der Waals surface area contributed by atoms with Crippen LogP contribution in [0.3, 0.4) is 0 Å². The molecule has 1 amide bonds. The lowest BCUT2D eigenvalue weighted by Gasteiger charge is -2.28. The van der Waals surface area contributed by atoms with E-state index in [1.165, 1.54) is 0 Å². The maximum absolute atomic E-state index is 12.0. The van der Waals surface area contributed by atoms with Crippen molar-refractivity contribution in [3.8, 4) is 11.8 Å². The summed E-state index contributed by atoms with van der Waals surface area (Å²) in [6.07, 6.45) is 0. The summed E-state index contributed by atoms with van der Waals surface area (Å²) >= 11 is 5.81. The lowest BCUT2D eigenvalue weighted by molar-refractivity contribution is -0.123. The van der Waals surface area contributed by atoms with Gasteiger partial charge in [-0.25, -0.2) is 0 Å². The quantitative estimate of drug-likeness (QED) is 0.792. The zero-order valence-corrected chi connectivity index (χ0v) is 14.9. The number of rotatable bonds is 8. The van der Waals surface area contributed by atoms with E-state index < -0.39 is 5.54 Å². The van der Waals surface area contributed by atoms with Gasteiger partial charge in [0.25, 0.3) is 0 Å². The summed E-state index contributed by atoms with van der Waals surface area (Å²) in [7, 11) is 1.84. The number of nitriles is 1. The molecule has 0 aliphatic rings. The summed E-state index contributed by atoms with van der Waals surface area (Å²) in [5.74, 6) is 0.607. The third kappa shape index (κ3) is 6.47. The molecule has 0 heterocycles. The van der Waals surface area contributed by atoms with E-state index in [9.17, 15) is 10.1 Å². The minimum absolute atomic E-state index is 0.0370. The molecule has 6 heteroatoms. The van der Waals surface area contributed by atoms with Crippen LogP contribution in [0.1, 0.15) is 20.8 Å². The smallest absolute Gasteiger partial charge is 0.235 e. The van der Waals surface area contributed by atoms with E-state index in [1.807, 2.05) is 25.8 Å². The Bertz CT molecular complexity index is 554. The van der Waals surface area contributed by atoms with Crippen molar-refractivity contribution >= 4 is 17.5 Å². The minimum Gasteiger partial charge on any atom is -0.492 e. The van der Waals surface area contributed by atoms with Crippen LogP contribution in [-0.2, 0) is 4.79 Å². The highest BCUT2D eigenvalue weighted by Gasteiger charge is 2.30. The number of hydrogen-bond acceptors (Lipinski definition) is 4. The fourth-order valence-electron chi connectivity index (χ4n) is 1.80. The Hall–Kier alpha value is -1.77. The predicted octanol–water partition coefficient (Wildman–Crippen LogP) is 2.71. The van der Waals surface area contributed by atoms with E-state index in [-0.39, 0.29) is 18.4 Å². The summed E-state index contributed by atoms with van der Waals surface area (Å²) in [5.41, 5.74) is -0.849. The van der Waals surface area contributed by atoms with Crippen LogP contribution in [0.15, 0.2) is 24.3 Å². The Morgan fingerprint density at radius 1 is 1.43 bits per heavy atom. The van der Waals surface area contributed by atoms with Crippen LogP contribution in [0.25, 0.3) is 0 Å². The zero-order chi connectivity index (χ0) is 17.5. The van der Waals surface area contributed by atoms with E-state index in [4.69, 9.17) is 16.3 Å². The van der Waals surface area contributed by atoms with Crippen molar-refractivity contribution in [3.63, 3.8) is 0 Å². The maximum Gasteiger partial charge on any atom is 0.235 e. The average molecular weight is 338 g/mol. The molecule has 1 atom stereocenters. The van der Waals surface area contributed by atoms with Gasteiger partial charge in [0.15, 0.2) is 0 Å². The molecule has 0 saturated heterocycles. The fraction of sp³-hybridized carbons (Fsp3) is 0.529. The molecule has 1 aromatic carbocycles. The summed E-state index contributed by atoms with van der Waals surface area (Å²) in [4.78, 5) is 13.9. The molecule has 1 aromatic rings. The number of nitrogens with one attached hydrogen (secondary N) is 1. The number of likely N-dealkylation sites (N-methyl/N-ethyl adjacent to an activating group) is 1. The van der Waals surface area contributed by atoms with Crippen LogP contribution >= 0.6 is 11.6 Å². The van der Waals surface area contributed by atoms with Crippen molar-refractivity contribution in [1.29, 1.82) is 5.26 Å². The SMILES string of the molecule is CC(C)C(C)(C#N)NC(=O)CN(C)CCOc1ccc(Cl)cc1. The molecule has 0 aliphatic carbocycles. The number of carbonyl (C=O) groups excluding carboxylic acids is 1. The van der Waals surface area contributed by atoms with E-state index in [2.05, 4.69) is 11.4 Å². The van der Waals surface area contributed by atoms with Gasteiger partial charge in [-0.15, -0.1) is 0 Å². The summed E-state index contributed by atoms with van der Waals surface area (Å²) < 4.78 is 5.59.